The molecule has 0 fully saturated rings. The van der Waals surface area contributed by atoms with E-state index in [1.54, 1.807) is 19.3 Å². The Hall–Kier alpha value is -2.13. The molecule has 2 rings (SSSR count). The van der Waals surface area contributed by atoms with E-state index in [1.165, 1.54) is 16.4 Å². The molecule has 2 heterocycles. The Morgan fingerprint density at radius 3 is 2.89 bits per heavy atom. The zero-order valence-electron chi connectivity index (χ0n) is 10.1. The van der Waals surface area contributed by atoms with E-state index in [9.17, 15) is 9.59 Å². The summed E-state index contributed by atoms with van der Waals surface area (Å²) < 4.78 is 1.41. The number of nitrogens with zero attached hydrogens (tertiary/aromatic N) is 3. The van der Waals surface area contributed by atoms with Gasteiger partial charge < -0.3 is 5.43 Å². The van der Waals surface area contributed by atoms with Gasteiger partial charge in [-0.25, -0.2) is 10.8 Å². The molecule has 9 heteroatoms. The summed E-state index contributed by atoms with van der Waals surface area (Å²) >= 11 is 1.33. The molecule has 0 aliphatic rings. The highest BCUT2D eigenvalue weighted by Gasteiger charge is 2.05. The van der Waals surface area contributed by atoms with Crippen molar-refractivity contribution in [3.8, 4) is 0 Å². The Bertz CT molecular complexity index is 678. The molecule has 8 nitrogen and oxygen atoms in total. The summed E-state index contributed by atoms with van der Waals surface area (Å²) in [6.07, 6.45) is 1.67. The van der Waals surface area contributed by atoms with Crippen molar-refractivity contribution in [3.05, 3.63) is 44.6 Å². The number of pyridine rings is 1. The van der Waals surface area contributed by atoms with Crippen molar-refractivity contribution in [2.75, 3.05) is 5.43 Å². The van der Waals surface area contributed by atoms with E-state index in [4.69, 9.17) is 5.84 Å². The number of aryl methyl sites for hydroxylation is 1. The molecule has 0 saturated carbocycles. The number of hydrogen-bond acceptors (Lipinski definition) is 7. The van der Waals surface area contributed by atoms with Gasteiger partial charge in [-0.3, -0.25) is 19.4 Å². The zero-order valence-corrected chi connectivity index (χ0v) is 10.9. The third kappa shape index (κ3) is 3.20. The molecule has 0 spiro atoms. The molecule has 0 aliphatic carbocycles. The Balaban J connectivity index is 2.12. The first-order valence-corrected chi connectivity index (χ1v) is 6.30. The van der Waals surface area contributed by atoms with Crippen molar-refractivity contribution in [2.24, 2.45) is 12.9 Å². The average molecular weight is 280 g/mol. The Morgan fingerprint density at radius 2 is 2.26 bits per heavy atom. The summed E-state index contributed by atoms with van der Waals surface area (Å²) in [6.45, 7) is 0. The molecule has 0 atom stereocenters. The SMILES string of the molecule is Cn1[nH]c(=O)c(=O)nc1SCc1ccc(NN)nc1. The molecule has 0 bridgehead atoms. The van der Waals surface area contributed by atoms with Crippen molar-refractivity contribution in [3.63, 3.8) is 0 Å². The number of aromatic amines is 1. The van der Waals surface area contributed by atoms with Crippen molar-refractivity contribution >= 4 is 17.6 Å². The number of aromatic nitrogens is 4. The summed E-state index contributed by atoms with van der Waals surface area (Å²) in [5, 5.41) is 2.82. The number of nitrogens with two attached hydrogens (primary N) is 1. The summed E-state index contributed by atoms with van der Waals surface area (Å²) in [7, 11) is 1.62. The van der Waals surface area contributed by atoms with Gasteiger partial charge in [-0.05, 0) is 11.6 Å². The molecular formula is C10H12N6O2S. The maximum absolute atomic E-state index is 11.2. The number of nitrogen functional groups attached to an aromatic ring is 1. The fraction of sp³-hybridized carbons (Fsp3) is 0.200. The lowest BCUT2D eigenvalue weighted by atomic mass is 10.3. The van der Waals surface area contributed by atoms with Crippen molar-refractivity contribution in [2.45, 2.75) is 10.9 Å². The van der Waals surface area contributed by atoms with E-state index >= 15 is 0 Å². The summed E-state index contributed by atoms with van der Waals surface area (Å²) in [4.78, 5) is 30.0. The second-order valence-corrected chi connectivity index (χ2v) is 4.63. The summed E-state index contributed by atoms with van der Waals surface area (Å²) in [5.41, 5.74) is 1.86. The van der Waals surface area contributed by atoms with E-state index in [0.29, 0.717) is 16.7 Å². The first-order valence-electron chi connectivity index (χ1n) is 5.32. The first-order chi connectivity index (χ1) is 9.10. The van der Waals surface area contributed by atoms with Gasteiger partial charge in [0.1, 0.15) is 5.82 Å². The largest absolute Gasteiger partial charge is 0.339 e. The maximum Gasteiger partial charge on any atom is 0.339 e. The highest BCUT2D eigenvalue weighted by Crippen LogP contribution is 2.18. The maximum atomic E-state index is 11.2. The second kappa shape index (κ2) is 5.67. The van der Waals surface area contributed by atoms with Gasteiger partial charge in [-0.15, -0.1) is 0 Å². The predicted octanol–water partition coefficient (Wildman–Crippen LogP) is -0.558. The van der Waals surface area contributed by atoms with Crippen molar-refractivity contribution < 1.29 is 0 Å². The lowest BCUT2D eigenvalue weighted by Gasteiger charge is -2.06. The van der Waals surface area contributed by atoms with E-state index in [1.807, 2.05) is 6.07 Å². The Morgan fingerprint density at radius 1 is 1.47 bits per heavy atom. The van der Waals surface area contributed by atoms with Crippen LogP contribution in [-0.2, 0) is 12.8 Å². The smallest absolute Gasteiger partial charge is 0.308 e. The van der Waals surface area contributed by atoms with Crippen LogP contribution in [0.4, 0.5) is 5.82 Å². The van der Waals surface area contributed by atoms with Crippen LogP contribution in [0, 0.1) is 0 Å². The minimum atomic E-state index is -0.790. The van der Waals surface area contributed by atoms with Crippen LogP contribution < -0.4 is 22.4 Å². The van der Waals surface area contributed by atoms with Crippen LogP contribution in [-0.4, -0.2) is 19.7 Å². The van der Waals surface area contributed by atoms with Gasteiger partial charge in [0.15, 0.2) is 5.16 Å². The molecule has 2 aromatic heterocycles. The molecule has 0 radical (unpaired) electrons. The van der Waals surface area contributed by atoms with Gasteiger partial charge >= 0.3 is 11.1 Å². The zero-order chi connectivity index (χ0) is 13.8. The molecule has 0 aromatic carbocycles. The number of rotatable bonds is 4. The van der Waals surface area contributed by atoms with Crippen LogP contribution in [0.2, 0.25) is 0 Å². The van der Waals surface area contributed by atoms with Crippen molar-refractivity contribution in [1.82, 2.24) is 19.7 Å². The quantitative estimate of drug-likeness (QED) is 0.297. The van der Waals surface area contributed by atoms with Gasteiger partial charge in [0.2, 0.25) is 0 Å². The molecule has 0 amide bonds. The highest BCUT2D eigenvalue weighted by atomic mass is 32.2. The molecule has 0 aliphatic heterocycles. The van der Waals surface area contributed by atoms with E-state index in [2.05, 4.69) is 20.5 Å². The van der Waals surface area contributed by atoms with E-state index in [0.717, 1.165) is 5.56 Å². The molecular weight excluding hydrogens is 268 g/mol. The van der Waals surface area contributed by atoms with Gasteiger partial charge in [0.05, 0.1) is 0 Å². The van der Waals surface area contributed by atoms with E-state index < -0.39 is 11.1 Å². The van der Waals surface area contributed by atoms with Crippen molar-refractivity contribution in [1.29, 1.82) is 0 Å². The molecule has 19 heavy (non-hydrogen) atoms. The first kappa shape index (κ1) is 13.3. The van der Waals surface area contributed by atoms with Crippen LogP contribution in [0.3, 0.4) is 0 Å². The molecule has 0 unspecified atom stereocenters. The van der Waals surface area contributed by atoms with Gasteiger partial charge in [0.25, 0.3) is 0 Å². The number of H-pyrrole nitrogens is 1. The predicted molar refractivity (Wildman–Crippen MR) is 71.7 cm³/mol. The van der Waals surface area contributed by atoms with Crippen LogP contribution in [0.1, 0.15) is 5.56 Å². The third-order valence-corrected chi connectivity index (χ3v) is 3.39. The second-order valence-electron chi connectivity index (χ2n) is 3.68. The van der Waals surface area contributed by atoms with E-state index in [-0.39, 0.29) is 0 Å². The highest BCUT2D eigenvalue weighted by molar-refractivity contribution is 7.98. The fourth-order valence-electron chi connectivity index (χ4n) is 1.33. The van der Waals surface area contributed by atoms with Gasteiger partial charge in [0, 0.05) is 19.0 Å². The van der Waals surface area contributed by atoms with Crippen LogP contribution >= 0.6 is 11.8 Å². The fourth-order valence-corrected chi connectivity index (χ4v) is 2.19. The molecule has 100 valence electrons. The molecule has 2 aromatic rings. The van der Waals surface area contributed by atoms with Gasteiger partial charge in [-0.1, -0.05) is 17.8 Å². The number of anilines is 1. The molecule has 4 N–H and O–H groups in total. The Kier molecular flexibility index (Phi) is 3.97. The standard InChI is InChI=1S/C10H12N6O2S/c1-16-10(13-8(17)9(18)15-16)19-5-6-2-3-7(14-11)12-4-6/h2-4H,5,11H2,1H3,(H,12,14)(H,15,18). The lowest BCUT2D eigenvalue weighted by Crippen LogP contribution is -2.33. The number of thioether (sulfide) groups is 1. The number of hydrazine groups is 1. The monoisotopic (exact) mass is 280 g/mol. The number of hydrogen-bond donors (Lipinski definition) is 3. The van der Waals surface area contributed by atoms with Gasteiger partial charge in [-0.2, -0.15) is 4.98 Å². The normalized spacial score (nSPS) is 10.4. The van der Waals surface area contributed by atoms with Crippen LogP contribution in [0.15, 0.2) is 33.1 Å². The van der Waals surface area contributed by atoms with Crippen LogP contribution in [0.5, 0.6) is 0 Å². The Labute approximate surface area is 112 Å². The minimum Gasteiger partial charge on any atom is -0.308 e. The lowest BCUT2D eigenvalue weighted by molar-refractivity contribution is 0.596. The molecule has 0 saturated heterocycles. The summed E-state index contributed by atoms with van der Waals surface area (Å²) in [5.74, 6) is 6.36. The third-order valence-electron chi connectivity index (χ3n) is 2.29. The number of nitrogens with one attached hydrogen (secondary N) is 2. The van der Waals surface area contributed by atoms with Crippen LogP contribution in [0.25, 0.3) is 0 Å². The summed E-state index contributed by atoms with van der Waals surface area (Å²) in [6, 6.07) is 3.61. The average Bonchev–Trinajstić information content (AvgIpc) is 2.42. The minimum absolute atomic E-state index is 0.436. The topological polar surface area (TPSA) is 119 Å².